The zero-order valence-corrected chi connectivity index (χ0v) is 11.5. The maximum absolute atomic E-state index is 13.7. The summed E-state index contributed by atoms with van der Waals surface area (Å²) in [5, 5.41) is 10.3. The zero-order chi connectivity index (χ0) is 14.1. The highest BCUT2D eigenvalue weighted by Crippen LogP contribution is 2.28. The van der Waals surface area contributed by atoms with Crippen LogP contribution in [-0.2, 0) is 6.54 Å². The second kappa shape index (κ2) is 5.38. The molecule has 0 bridgehead atoms. The molecule has 1 N–H and O–H groups in total. The number of β-amino-alcohol motifs (C(OH)–C–C–N with tert-alkyl or cyclic N) is 1. The highest BCUT2D eigenvalue weighted by molar-refractivity contribution is 5.20. The summed E-state index contributed by atoms with van der Waals surface area (Å²) >= 11 is 0. The van der Waals surface area contributed by atoms with Crippen LogP contribution in [0.15, 0.2) is 42.6 Å². The minimum Gasteiger partial charge on any atom is -0.387 e. The minimum atomic E-state index is -0.792. The highest BCUT2D eigenvalue weighted by Gasteiger charge is 2.26. The van der Waals surface area contributed by atoms with Crippen LogP contribution in [0.1, 0.15) is 30.3 Å². The van der Waals surface area contributed by atoms with E-state index in [4.69, 9.17) is 0 Å². The average molecular weight is 274 g/mol. The molecule has 1 aromatic heterocycles. The van der Waals surface area contributed by atoms with E-state index < -0.39 is 6.10 Å². The number of nitrogens with zero attached hydrogens (tertiary/aromatic N) is 2. The minimum absolute atomic E-state index is 0.236. The van der Waals surface area contributed by atoms with E-state index in [1.54, 1.807) is 18.2 Å². The van der Waals surface area contributed by atoms with Crippen LogP contribution in [0.25, 0.3) is 0 Å². The summed E-state index contributed by atoms with van der Waals surface area (Å²) in [6, 6.07) is 10.8. The molecular formula is C16H19FN2O. The molecule has 0 aliphatic carbocycles. The van der Waals surface area contributed by atoms with Crippen LogP contribution in [0.5, 0.6) is 0 Å². The Kier molecular flexibility index (Phi) is 3.59. The molecule has 20 heavy (non-hydrogen) atoms. The van der Waals surface area contributed by atoms with E-state index in [0.29, 0.717) is 12.1 Å². The monoisotopic (exact) mass is 274 g/mol. The van der Waals surface area contributed by atoms with Crippen molar-refractivity contribution in [2.75, 3.05) is 13.1 Å². The number of hydrogen-bond donors (Lipinski definition) is 1. The molecule has 0 fully saturated rings. The van der Waals surface area contributed by atoms with E-state index in [1.165, 1.54) is 11.8 Å². The van der Waals surface area contributed by atoms with Gasteiger partial charge in [-0.1, -0.05) is 18.2 Å². The number of aliphatic hydroxyl groups excluding tert-OH is 1. The Morgan fingerprint density at radius 1 is 1.25 bits per heavy atom. The van der Waals surface area contributed by atoms with Crippen LogP contribution in [0.3, 0.4) is 0 Å². The van der Waals surface area contributed by atoms with Crippen LogP contribution in [-0.4, -0.2) is 27.7 Å². The third-order valence-electron chi connectivity index (χ3n) is 4.14. The standard InChI is InChI=1S/C16H19FN2O/c1-12-15-7-4-8-18(15)9-10-19(12)11-16(20)13-5-2-3-6-14(13)17/h2-8,12,16,20H,9-11H2,1H3/t12-,16+/m0/s1. The highest BCUT2D eigenvalue weighted by atomic mass is 19.1. The normalized spacial score (nSPS) is 20.6. The number of halogens is 1. The molecule has 1 aromatic carbocycles. The molecule has 0 radical (unpaired) electrons. The van der Waals surface area contributed by atoms with Crippen LogP contribution >= 0.6 is 0 Å². The van der Waals surface area contributed by atoms with Crippen LogP contribution < -0.4 is 0 Å². The van der Waals surface area contributed by atoms with E-state index in [-0.39, 0.29) is 11.9 Å². The Bertz CT molecular complexity index is 596. The van der Waals surface area contributed by atoms with Gasteiger partial charge < -0.3 is 9.67 Å². The van der Waals surface area contributed by atoms with Crippen molar-refractivity contribution in [1.29, 1.82) is 0 Å². The third-order valence-corrected chi connectivity index (χ3v) is 4.14. The lowest BCUT2D eigenvalue weighted by Gasteiger charge is -2.36. The van der Waals surface area contributed by atoms with Crippen molar-refractivity contribution in [3.05, 3.63) is 59.7 Å². The Labute approximate surface area is 118 Å². The van der Waals surface area contributed by atoms with Gasteiger partial charge in [-0.05, 0) is 25.1 Å². The molecule has 3 rings (SSSR count). The van der Waals surface area contributed by atoms with Crippen molar-refractivity contribution < 1.29 is 9.50 Å². The summed E-state index contributed by atoms with van der Waals surface area (Å²) in [7, 11) is 0. The number of benzene rings is 1. The first-order valence-corrected chi connectivity index (χ1v) is 6.98. The summed E-state index contributed by atoms with van der Waals surface area (Å²) in [5.41, 5.74) is 1.62. The van der Waals surface area contributed by atoms with Crippen LogP contribution in [0, 0.1) is 5.82 Å². The molecule has 2 heterocycles. The van der Waals surface area contributed by atoms with Gasteiger partial charge in [-0.25, -0.2) is 4.39 Å². The summed E-state index contributed by atoms with van der Waals surface area (Å²) in [6.07, 6.45) is 1.29. The summed E-state index contributed by atoms with van der Waals surface area (Å²) in [5.74, 6) is -0.340. The Hall–Kier alpha value is -1.65. The van der Waals surface area contributed by atoms with Crippen molar-refractivity contribution in [3.63, 3.8) is 0 Å². The molecule has 2 aromatic rings. The number of fused-ring (bicyclic) bond motifs is 1. The van der Waals surface area contributed by atoms with Gasteiger partial charge in [0.2, 0.25) is 0 Å². The Balaban J connectivity index is 1.74. The van der Waals surface area contributed by atoms with E-state index in [1.807, 2.05) is 6.07 Å². The van der Waals surface area contributed by atoms with Gasteiger partial charge in [-0.3, -0.25) is 4.90 Å². The Morgan fingerprint density at radius 3 is 2.85 bits per heavy atom. The van der Waals surface area contributed by atoms with E-state index in [0.717, 1.165) is 13.1 Å². The van der Waals surface area contributed by atoms with Crippen molar-refractivity contribution in [2.24, 2.45) is 0 Å². The fraction of sp³-hybridized carbons (Fsp3) is 0.375. The lowest BCUT2D eigenvalue weighted by Crippen LogP contribution is -2.39. The van der Waals surface area contributed by atoms with Gasteiger partial charge in [0.25, 0.3) is 0 Å². The molecule has 2 atom stereocenters. The number of aliphatic hydroxyl groups is 1. The molecular weight excluding hydrogens is 255 g/mol. The largest absolute Gasteiger partial charge is 0.387 e. The predicted molar refractivity (Wildman–Crippen MR) is 75.8 cm³/mol. The van der Waals surface area contributed by atoms with Crippen molar-refractivity contribution in [3.8, 4) is 0 Å². The molecule has 1 aliphatic rings. The third kappa shape index (κ3) is 2.37. The maximum atomic E-state index is 13.7. The van der Waals surface area contributed by atoms with Gasteiger partial charge in [0.15, 0.2) is 0 Å². The van der Waals surface area contributed by atoms with Gasteiger partial charge in [0.05, 0.1) is 6.10 Å². The molecule has 0 unspecified atom stereocenters. The first kappa shape index (κ1) is 13.3. The van der Waals surface area contributed by atoms with Crippen LogP contribution in [0.4, 0.5) is 4.39 Å². The summed E-state index contributed by atoms with van der Waals surface area (Å²) < 4.78 is 15.9. The second-order valence-electron chi connectivity index (χ2n) is 5.33. The molecule has 1 aliphatic heterocycles. The van der Waals surface area contributed by atoms with Crippen molar-refractivity contribution in [2.45, 2.75) is 25.6 Å². The SMILES string of the molecule is C[C@H]1c2cccn2CCN1C[C@@H](O)c1ccccc1F. The summed E-state index contributed by atoms with van der Waals surface area (Å²) in [6.45, 7) is 4.36. The van der Waals surface area contributed by atoms with Crippen molar-refractivity contribution >= 4 is 0 Å². The molecule has 0 amide bonds. The van der Waals surface area contributed by atoms with Gasteiger partial charge in [-0.2, -0.15) is 0 Å². The van der Waals surface area contributed by atoms with E-state index in [9.17, 15) is 9.50 Å². The van der Waals surface area contributed by atoms with E-state index in [2.05, 4.69) is 28.7 Å². The molecule has 0 spiro atoms. The number of hydrogen-bond acceptors (Lipinski definition) is 2. The Morgan fingerprint density at radius 2 is 2.05 bits per heavy atom. The van der Waals surface area contributed by atoms with Gasteiger partial charge in [-0.15, -0.1) is 0 Å². The quantitative estimate of drug-likeness (QED) is 0.932. The van der Waals surface area contributed by atoms with Gasteiger partial charge in [0, 0.05) is 43.1 Å². The smallest absolute Gasteiger partial charge is 0.129 e. The fourth-order valence-corrected chi connectivity index (χ4v) is 2.94. The molecule has 106 valence electrons. The topological polar surface area (TPSA) is 28.4 Å². The number of aromatic nitrogens is 1. The average Bonchev–Trinajstić information content (AvgIpc) is 2.91. The second-order valence-corrected chi connectivity index (χ2v) is 5.33. The van der Waals surface area contributed by atoms with Crippen molar-refractivity contribution in [1.82, 2.24) is 9.47 Å². The van der Waals surface area contributed by atoms with Crippen LogP contribution in [0.2, 0.25) is 0 Å². The fourth-order valence-electron chi connectivity index (χ4n) is 2.94. The lowest BCUT2D eigenvalue weighted by atomic mass is 10.1. The molecule has 0 saturated heterocycles. The van der Waals surface area contributed by atoms with Gasteiger partial charge >= 0.3 is 0 Å². The molecule has 0 saturated carbocycles. The van der Waals surface area contributed by atoms with E-state index >= 15 is 0 Å². The van der Waals surface area contributed by atoms with Gasteiger partial charge in [0.1, 0.15) is 5.82 Å². The molecule has 3 nitrogen and oxygen atoms in total. The number of rotatable bonds is 3. The predicted octanol–water partition coefficient (Wildman–Crippen LogP) is 2.74. The zero-order valence-electron chi connectivity index (χ0n) is 11.5. The first-order valence-electron chi connectivity index (χ1n) is 6.98. The first-order chi connectivity index (χ1) is 9.66. The summed E-state index contributed by atoms with van der Waals surface area (Å²) in [4.78, 5) is 2.20. The maximum Gasteiger partial charge on any atom is 0.129 e. The lowest BCUT2D eigenvalue weighted by molar-refractivity contribution is 0.0740. The molecule has 4 heteroatoms.